The van der Waals surface area contributed by atoms with Crippen LogP contribution < -0.4 is 10.9 Å². The molecule has 98 valence electrons. The minimum atomic E-state index is -0.105. The molecule has 5 nitrogen and oxygen atoms in total. The number of aromatic nitrogens is 2. The van der Waals surface area contributed by atoms with E-state index in [1.165, 1.54) is 0 Å². The lowest BCUT2D eigenvalue weighted by molar-refractivity contribution is -0.118. The van der Waals surface area contributed by atoms with Gasteiger partial charge in [-0.25, -0.2) is 4.98 Å². The number of hydrogen-bond acceptors (Lipinski definition) is 3. The fraction of sp³-hybridized carbons (Fsp3) is 0.357. The summed E-state index contributed by atoms with van der Waals surface area (Å²) >= 11 is 0. The van der Waals surface area contributed by atoms with Crippen molar-refractivity contribution in [1.82, 2.24) is 9.55 Å². The van der Waals surface area contributed by atoms with E-state index in [2.05, 4.69) is 15.3 Å². The lowest BCUT2D eigenvalue weighted by Crippen LogP contribution is -2.24. The Morgan fingerprint density at radius 1 is 1.47 bits per heavy atom. The van der Waals surface area contributed by atoms with E-state index < -0.39 is 0 Å². The number of rotatable bonds is 2. The molecule has 0 saturated heterocycles. The van der Waals surface area contributed by atoms with Crippen molar-refractivity contribution in [2.75, 3.05) is 11.9 Å². The molecule has 3 rings (SSSR count). The van der Waals surface area contributed by atoms with E-state index in [4.69, 9.17) is 0 Å². The van der Waals surface area contributed by atoms with E-state index in [9.17, 15) is 4.79 Å². The van der Waals surface area contributed by atoms with Gasteiger partial charge in [0, 0.05) is 24.9 Å². The average Bonchev–Trinajstić information content (AvgIpc) is 2.89. The van der Waals surface area contributed by atoms with Gasteiger partial charge in [0.15, 0.2) is 0 Å². The molecule has 2 heterocycles. The highest BCUT2D eigenvalue weighted by molar-refractivity contribution is 5.89. The Morgan fingerprint density at radius 2 is 2.32 bits per heavy atom. The van der Waals surface area contributed by atoms with Gasteiger partial charge in [-0.3, -0.25) is 9.36 Å². The molecule has 1 aliphatic rings. The minimum Gasteiger partial charge on any atom is -0.369 e. The highest BCUT2D eigenvalue weighted by Gasteiger charge is 2.15. The lowest BCUT2D eigenvalue weighted by Gasteiger charge is -2.07. The molecule has 0 saturated carbocycles. The monoisotopic (exact) mass is 256 g/mol. The molecule has 0 bridgehead atoms. The van der Waals surface area contributed by atoms with Crippen LogP contribution in [0.15, 0.2) is 29.3 Å². The van der Waals surface area contributed by atoms with Crippen LogP contribution in [0.3, 0.4) is 0 Å². The second kappa shape index (κ2) is 4.84. The first-order valence-electron chi connectivity index (χ1n) is 6.60. The molecule has 1 aliphatic heterocycles. The molecule has 1 amide bonds. The summed E-state index contributed by atoms with van der Waals surface area (Å²) in [5, 5.41) is 4.41. The Bertz CT molecular complexity index is 702. The third-order valence-electron chi connectivity index (χ3n) is 3.21. The number of nitrogens with zero attached hydrogens (tertiary/aromatic N) is 3. The Balaban J connectivity index is 2.23. The number of fused-ring (bicyclic) bond motifs is 3. The normalized spacial score (nSPS) is 14.5. The molecule has 5 heteroatoms. The second-order valence-corrected chi connectivity index (χ2v) is 4.61. The van der Waals surface area contributed by atoms with Gasteiger partial charge in [-0.2, -0.15) is 4.99 Å². The van der Waals surface area contributed by atoms with Crippen LogP contribution in [0.4, 0.5) is 5.82 Å². The summed E-state index contributed by atoms with van der Waals surface area (Å²) in [6, 6.07) is 7.91. The van der Waals surface area contributed by atoms with E-state index in [-0.39, 0.29) is 5.91 Å². The quantitative estimate of drug-likeness (QED) is 0.889. The Kier molecular flexibility index (Phi) is 3.03. The number of hydrogen-bond donors (Lipinski definition) is 1. The summed E-state index contributed by atoms with van der Waals surface area (Å²) in [6.45, 7) is 3.62. The SMILES string of the molecule is CCCC(=O)N=c1nc2ccccc2c2n1CCN2. The third kappa shape index (κ3) is 2.12. The van der Waals surface area contributed by atoms with Gasteiger partial charge in [-0.1, -0.05) is 19.1 Å². The zero-order valence-electron chi connectivity index (χ0n) is 10.9. The van der Waals surface area contributed by atoms with Crippen molar-refractivity contribution in [3.8, 4) is 0 Å². The molecule has 0 atom stereocenters. The molecule has 2 aromatic rings. The number of carbonyl (C=O) groups is 1. The summed E-state index contributed by atoms with van der Waals surface area (Å²) in [4.78, 5) is 20.4. The number of amides is 1. The van der Waals surface area contributed by atoms with E-state index >= 15 is 0 Å². The molecule has 1 aromatic heterocycles. The van der Waals surface area contributed by atoms with Crippen molar-refractivity contribution in [3.05, 3.63) is 29.9 Å². The van der Waals surface area contributed by atoms with Crippen molar-refractivity contribution in [3.63, 3.8) is 0 Å². The highest BCUT2D eigenvalue weighted by Crippen LogP contribution is 2.22. The van der Waals surface area contributed by atoms with E-state index in [1.54, 1.807) is 0 Å². The van der Waals surface area contributed by atoms with Crippen LogP contribution in [0.5, 0.6) is 0 Å². The minimum absolute atomic E-state index is 0.105. The van der Waals surface area contributed by atoms with E-state index in [1.807, 2.05) is 35.8 Å². The van der Waals surface area contributed by atoms with Crippen LogP contribution in [0.25, 0.3) is 10.9 Å². The van der Waals surface area contributed by atoms with Gasteiger partial charge in [0.05, 0.1) is 5.52 Å². The van der Waals surface area contributed by atoms with Crippen LogP contribution >= 0.6 is 0 Å². The predicted octanol–water partition coefficient (Wildman–Crippen LogP) is 1.69. The van der Waals surface area contributed by atoms with Gasteiger partial charge in [0.2, 0.25) is 11.5 Å². The van der Waals surface area contributed by atoms with Crippen molar-refractivity contribution < 1.29 is 4.79 Å². The number of para-hydroxylation sites is 1. The molecule has 0 aliphatic carbocycles. The van der Waals surface area contributed by atoms with Crippen molar-refractivity contribution in [2.24, 2.45) is 4.99 Å². The molecule has 19 heavy (non-hydrogen) atoms. The molecular formula is C14H16N4O. The number of carbonyl (C=O) groups excluding carboxylic acids is 1. The van der Waals surface area contributed by atoms with Gasteiger partial charge in [0.1, 0.15) is 5.82 Å². The average molecular weight is 256 g/mol. The van der Waals surface area contributed by atoms with Crippen LogP contribution in [-0.2, 0) is 11.3 Å². The van der Waals surface area contributed by atoms with Crippen molar-refractivity contribution in [2.45, 2.75) is 26.3 Å². The van der Waals surface area contributed by atoms with Gasteiger partial charge in [-0.05, 0) is 18.6 Å². The summed E-state index contributed by atoms with van der Waals surface area (Å²) in [7, 11) is 0. The molecule has 0 radical (unpaired) electrons. The Hall–Kier alpha value is -2.17. The smallest absolute Gasteiger partial charge is 0.248 e. The molecule has 0 fully saturated rings. The first kappa shape index (κ1) is 11.9. The topological polar surface area (TPSA) is 59.3 Å². The highest BCUT2D eigenvalue weighted by atomic mass is 16.1. The Morgan fingerprint density at radius 3 is 3.16 bits per heavy atom. The number of anilines is 1. The molecular weight excluding hydrogens is 240 g/mol. The van der Waals surface area contributed by atoms with Crippen molar-refractivity contribution in [1.29, 1.82) is 0 Å². The maximum absolute atomic E-state index is 11.7. The molecule has 1 N–H and O–H groups in total. The zero-order chi connectivity index (χ0) is 13.2. The number of benzene rings is 1. The second-order valence-electron chi connectivity index (χ2n) is 4.61. The third-order valence-corrected chi connectivity index (χ3v) is 3.21. The van der Waals surface area contributed by atoms with Gasteiger partial charge >= 0.3 is 0 Å². The first-order chi connectivity index (χ1) is 9.29. The fourth-order valence-corrected chi connectivity index (χ4v) is 2.34. The number of nitrogens with one attached hydrogen (secondary N) is 1. The van der Waals surface area contributed by atoms with Crippen LogP contribution in [0.2, 0.25) is 0 Å². The van der Waals surface area contributed by atoms with E-state index in [0.717, 1.165) is 36.2 Å². The Labute approximate surface area is 111 Å². The molecule has 0 unspecified atom stereocenters. The zero-order valence-corrected chi connectivity index (χ0v) is 10.9. The van der Waals surface area contributed by atoms with E-state index in [0.29, 0.717) is 12.0 Å². The largest absolute Gasteiger partial charge is 0.369 e. The van der Waals surface area contributed by atoms with Gasteiger partial charge in [-0.15, -0.1) is 0 Å². The summed E-state index contributed by atoms with van der Waals surface area (Å²) in [5.41, 5.74) is 1.38. The van der Waals surface area contributed by atoms with Crippen LogP contribution in [0, 0.1) is 0 Å². The summed E-state index contributed by atoms with van der Waals surface area (Å²) < 4.78 is 1.98. The maximum Gasteiger partial charge on any atom is 0.248 e. The summed E-state index contributed by atoms with van der Waals surface area (Å²) in [6.07, 6.45) is 1.28. The fourth-order valence-electron chi connectivity index (χ4n) is 2.34. The van der Waals surface area contributed by atoms with Gasteiger partial charge in [0.25, 0.3) is 0 Å². The lowest BCUT2D eigenvalue weighted by atomic mass is 10.2. The standard InChI is InChI=1S/C14H16N4O/c1-2-5-12(19)17-14-16-11-7-4-3-6-10(11)13-15-8-9-18(13)14/h3-4,6-7,15H,2,5,8-9H2,1H3. The first-order valence-corrected chi connectivity index (χ1v) is 6.60. The summed E-state index contributed by atoms with van der Waals surface area (Å²) in [5.74, 6) is 0.903. The van der Waals surface area contributed by atoms with Crippen LogP contribution in [0.1, 0.15) is 19.8 Å². The van der Waals surface area contributed by atoms with Crippen molar-refractivity contribution >= 4 is 22.6 Å². The molecule has 0 spiro atoms. The van der Waals surface area contributed by atoms with Crippen LogP contribution in [-0.4, -0.2) is 22.0 Å². The molecule has 1 aromatic carbocycles. The predicted molar refractivity (Wildman–Crippen MR) is 73.7 cm³/mol. The van der Waals surface area contributed by atoms with Gasteiger partial charge < -0.3 is 5.32 Å². The maximum atomic E-state index is 11.7.